The number of carbonyl (C=O) groups is 1. The molecule has 0 aliphatic carbocycles. The van der Waals surface area contributed by atoms with Gasteiger partial charge in [0.05, 0.1) is 6.42 Å². The van der Waals surface area contributed by atoms with E-state index in [1.165, 1.54) is 12.1 Å². The maximum atomic E-state index is 12.8. The molecular weight excluding hydrogens is 279 g/mol. The van der Waals surface area contributed by atoms with Gasteiger partial charge in [0.25, 0.3) is 0 Å². The van der Waals surface area contributed by atoms with Crippen molar-refractivity contribution in [2.45, 2.75) is 12.8 Å². The van der Waals surface area contributed by atoms with Crippen molar-refractivity contribution in [1.82, 2.24) is 9.80 Å². The zero-order valence-corrected chi connectivity index (χ0v) is 12.3. The molecule has 5 heteroatoms. The van der Waals surface area contributed by atoms with E-state index < -0.39 is 0 Å². The molecule has 1 fully saturated rings. The van der Waals surface area contributed by atoms with E-state index in [1.54, 1.807) is 12.1 Å². The Kier molecular flexibility index (Phi) is 5.80. The largest absolute Gasteiger partial charge is 0.341 e. The van der Waals surface area contributed by atoms with Crippen LogP contribution in [0.25, 0.3) is 0 Å². The molecule has 1 amide bonds. The Morgan fingerprint density at radius 3 is 2.60 bits per heavy atom. The van der Waals surface area contributed by atoms with Gasteiger partial charge in [-0.1, -0.05) is 12.1 Å². The molecule has 0 spiro atoms. The van der Waals surface area contributed by atoms with Gasteiger partial charge in [-0.05, 0) is 30.7 Å². The first kappa shape index (κ1) is 15.3. The Morgan fingerprint density at radius 2 is 1.90 bits per heavy atom. The van der Waals surface area contributed by atoms with Crippen LogP contribution in [0, 0.1) is 5.82 Å². The number of alkyl halides is 1. The van der Waals surface area contributed by atoms with E-state index >= 15 is 0 Å². The van der Waals surface area contributed by atoms with Crippen LogP contribution < -0.4 is 0 Å². The summed E-state index contributed by atoms with van der Waals surface area (Å²) < 4.78 is 12.8. The minimum Gasteiger partial charge on any atom is -0.341 e. The molecule has 1 aromatic rings. The van der Waals surface area contributed by atoms with Crippen LogP contribution in [0.1, 0.15) is 12.0 Å². The van der Waals surface area contributed by atoms with Gasteiger partial charge in [-0.2, -0.15) is 0 Å². The lowest BCUT2D eigenvalue weighted by molar-refractivity contribution is -0.130. The van der Waals surface area contributed by atoms with Crippen molar-refractivity contribution >= 4 is 17.5 Å². The van der Waals surface area contributed by atoms with Gasteiger partial charge in [-0.15, -0.1) is 11.6 Å². The number of rotatable bonds is 4. The Hall–Kier alpha value is -1.13. The second kappa shape index (κ2) is 7.60. The van der Waals surface area contributed by atoms with Crippen LogP contribution in [0.4, 0.5) is 4.39 Å². The van der Waals surface area contributed by atoms with E-state index in [9.17, 15) is 9.18 Å². The first-order valence-electron chi connectivity index (χ1n) is 6.99. The molecule has 110 valence electrons. The Bertz CT molecular complexity index is 438. The van der Waals surface area contributed by atoms with Crippen molar-refractivity contribution in [3.8, 4) is 0 Å². The molecule has 0 unspecified atom stereocenters. The summed E-state index contributed by atoms with van der Waals surface area (Å²) in [7, 11) is 0. The first-order chi connectivity index (χ1) is 9.69. The van der Waals surface area contributed by atoms with E-state index in [4.69, 9.17) is 11.6 Å². The standard InChI is InChI=1S/C15H20ClFN2O/c16-6-9-18-7-1-8-19(11-10-18)15(20)12-13-2-4-14(17)5-3-13/h2-5H,1,6-12H2. The lowest BCUT2D eigenvalue weighted by atomic mass is 10.1. The number of hydrogen-bond acceptors (Lipinski definition) is 2. The second-order valence-electron chi connectivity index (χ2n) is 5.07. The molecule has 0 N–H and O–H groups in total. The zero-order valence-electron chi connectivity index (χ0n) is 11.5. The molecule has 0 saturated carbocycles. The summed E-state index contributed by atoms with van der Waals surface area (Å²) in [4.78, 5) is 16.4. The van der Waals surface area contributed by atoms with Crippen LogP contribution in [-0.2, 0) is 11.2 Å². The van der Waals surface area contributed by atoms with Gasteiger partial charge in [0, 0.05) is 32.1 Å². The quantitative estimate of drug-likeness (QED) is 0.795. The highest BCUT2D eigenvalue weighted by molar-refractivity contribution is 6.18. The minimum absolute atomic E-state index is 0.115. The molecule has 2 rings (SSSR count). The van der Waals surface area contributed by atoms with E-state index in [0.29, 0.717) is 12.3 Å². The molecule has 1 aliphatic rings. The summed E-state index contributed by atoms with van der Waals surface area (Å²) in [5.41, 5.74) is 0.860. The highest BCUT2D eigenvalue weighted by Gasteiger charge is 2.18. The van der Waals surface area contributed by atoms with Crippen LogP contribution >= 0.6 is 11.6 Å². The van der Waals surface area contributed by atoms with Gasteiger partial charge < -0.3 is 9.80 Å². The zero-order chi connectivity index (χ0) is 14.4. The van der Waals surface area contributed by atoms with Crippen molar-refractivity contribution in [2.75, 3.05) is 38.6 Å². The summed E-state index contributed by atoms with van der Waals surface area (Å²) in [5.74, 6) is 0.473. The van der Waals surface area contributed by atoms with Crippen LogP contribution in [0.5, 0.6) is 0 Å². The Morgan fingerprint density at radius 1 is 1.15 bits per heavy atom. The third-order valence-corrected chi connectivity index (χ3v) is 3.78. The molecule has 0 radical (unpaired) electrons. The van der Waals surface area contributed by atoms with Gasteiger partial charge in [0.1, 0.15) is 5.82 Å². The SMILES string of the molecule is O=C(Cc1ccc(F)cc1)N1CCCN(CCCl)CC1. The summed E-state index contributed by atoms with van der Waals surface area (Å²) in [6.45, 7) is 4.28. The molecule has 0 atom stereocenters. The summed E-state index contributed by atoms with van der Waals surface area (Å²) >= 11 is 5.75. The van der Waals surface area contributed by atoms with Crippen molar-refractivity contribution < 1.29 is 9.18 Å². The molecule has 1 aromatic carbocycles. The number of halogens is 2. The van der Waals surface area contributed by atoms with Crippen LogP contribution in [0.15, 0.2) is 24.3 Å². The maximum Gasteiger partial charge on any atom is 0.227 e. The smallest absolute Gasteiger partial charge is 0.227 e. The topological polar surface area (TPSA) is 23.6 Å². The third kappa shape index (κ3) is 4.46. The Labute approximate surface area is 124 Å². The first-order valence-corrected chi connectivity index (χ1v) is 7.53. The van der Waals surface area contributed by atoms with Crippen molar-refractivity contribution in [3.05, 3.63) is 35.6 Å². The monoisotopic (exact) mass is 298 g/mol. The number of hydrogen-bond donors (Lipinski definition) is 0. The summed E-state index contributed by atoms with van der Waals surface area (Å²) in [5, 5.41) is 0. The molecule has 0 aromatic heterocycles. The highest BCUT2D eigenvalue weighted by Crippen LogP contribution is 2.08. The molecule has 20 heavy (non-hydrogen) atoms. The minimum atomic E-state index is -0.271. The fourth-order valence-corrected chi connectivity index (χ4v) is 2.69. The van der Waals surface area contributed by atoms with Gasteiger partial charge in [-0.3, -0.25) is 4.79 Å². The summed E-state index contributed by atoms with van der Waals surface area (Å²) in [6.07, 6.45) is 1.32. The van der Waals surface area contributed by atoms with Gasteiger partial charge in [0.2, 0.25) is 5.91 Å². The van der Waals surface area contributed by atoms with Crippen molar-refractivity contribution in [3.63, 3.8) is 0 Å². The van der Waals surface area contributed by atoms with E-state index in [2.05, 4.69) is 4.90 Å². The second-order valence-corrected chi connectivity index (χ2v) is 5.45. The highest BCUT2D eigenvalue weighted by atomic mass is 35.5. The normalized spacial score (nSPS) is 17.0. The van der Waals surface area contributed by atoms with E-state index in [0.717, 1.165) is 44.7 Å². The lowest BCUT2D eigenvalue weighted by Crippen LogP contribution is -2.36. The number of nitrogens with zero attached hydrogens (tertiary/aromatic N) is 2. The maximum absolute atomic E-state index is 12.8. The van der Waals surface area contributed by atoms with Gasteiger partial charge >= 0.3 is 0 Å². The Balaban J connectivity index is 1.87. The third-order valence-electron chi connectivity index (χ3n) is 3.61. The average molecular weight is 299 g/mol. The fourth-order valence-electron chi connectivity index (χ4n) is 2.45. The molecule has 1 aliphatic heterocycles. The molecule has 3 nitrogen and oxygen atoms in total. The lowest BCUT2D eigenvalue weighted by Gasteiger charge is -2.21. The van der Waals surface area contributed by atoms with Crippen LogP contribution in [0.2, 0.25) is 0 Å². The van der Waals surface area contributed by atoms with Gasteiger partial charge in [-0.25, -0.2) is 4.39 Å². The van der Waals surface area contributed by atoms with Crippen molar-refractivity contribution in [2.24, 2.45) is 0 Å². The number of amides is 1. The number of benzene rings is 1. The molecular formula is C15H20ClFN2O. The fraction of sp³-hybridized carbons (Fsp3) is 0.533. The predicted octanol–water partition coefficient (Wildman–Crippen LogP) is 2.14. The summed E-state index contributed by atoms with van der Waals surface area (Å²) in [6, 6.07) is 6.14. The van der Waals surface area contributed by atoms with Gasteiger partial charge in [0.15, 0.2) is 0 Å². The molecule has 0 bridgehead atoms. The number of carbonyl (C=O) groups excluding carboxylic acids is 1. The predicted molar refractivity (Wildman–Crippen MR) is 78.5 cm³/mol. The van der Waals surface area contributed by atoms with E-state index in [-0.39, 0.29) is 11.7 Å². The van der Waals surface area contributed by atoms with Crippen LogP contribution in [-0.4, -0.2) is 54.3 Å². The molecule has 1 heterocycles. The van der Waals surface area contributed by atoms with Crippen LogP contribution in [0.3, 0.4) is 0 Å². The average Bonchev–Trinajstić information content (AvgIpc) is 2.67. The molecule has 1 saturated heterocycles. The van der Waals surface area contributed by atoms with E-state index in [1.807, 2.05) is 4.90 Å². The van der Waals surface area contributed by atoms with Crippen molar-refractivity contribution in [1.29, 1.82) is 0 Å².